The van der Waals surface area contributed by atoms with Gasteiger partial charge in [0.05, 0.1) is 15.7 Å². The Morgan fingerprint density at radius 3 is 2.06 bits per heavy atom. The molecule has 0 aliphatic heterocycles. The molecular formula is C13H14Cl2N2O. The highest BCUT2D eigenvalue weighted by Crippen LogP contribution is 2.29. The SMILES string of the molecule is C=CCN(CC=C)C(=O)c1cc(Cl)c(N)c(Cl)c1. The van der Waals surface area contributed by atoms with Gasteiger partial charge >= 0.3 is 0 Å². The van der Waals surface area contributed by atoms with E-state index in [1.807, 2.05) is 0 Å². The van der Waals surface area contributed by atoms with Gasteiger partial charge in [0.2, 0.25) is 0 Å². The van der Waals surface area contributed by atoms with Gasteiger partial charge in [0, 0.05) is 18.7 Å². The Labute approximate surface area is 116 Å². The van der Waals surface area contributed by atoms with Crippen LogP contribution < -0.4 is 5.73 Å². The van der Waals surface area contributed by atoms with Crippen LogP contribution in [0.2, 0.25) is 10.0 Å². The van der Waals surface area contributed by atoms with Crippen LogP contribution >= 0.6 is 23.2 Å². The average Bonchev–Trinajstić information content (AvgIpc) is 2.34. The molecule has 3 nitrogen and oxygen atoms in total. The highest BCUT2D eigenvalue weighted by atomic mass is 35.5. The second-order valence-corrected chi connectivity index (χ2v) is 4.46. The van der Waals surface area contributed by atoms with E-state index in [1.165, 1.54) is 12.1 Å². The number of amides is 1. The summed E-state index contributed by atoms with van der Waals surface area (Å²) in [5, 5.41) is 0.533. The lowest BCUT2D eigenvalue weighted by molar-refractivity contribution is 0.0791. The Hall–Kier alpha value is -1.45. The molecule has 2 N–H and O–H groups in total. The molecule has 1 rings (SSSR count). The molecule has 0 spiro atoms. The Morgan fingerprint density at radius 1 is 1.22 bits per heavy atom. The predicted molar refractivity (Wildman–Crippen MR) is 77.2 cm³/mol. The molecule has 1 aromatic carbocycles. The van der Waals surface area contributed by atoms with E-state index in [0.29, 0.717) is 18.7 Å². The number of nitrogen functional groups attached to an aromatic ring is 1. The third-order valence-corrected chi connectivity index (χ3v) is 2.94. The summed E-state index contributed by atoms with van der Waals surface area (Å²) >= 11 is 11.8. The van der Waals surface area contributed by atoms with Crippen molar-refractivity contribution in [2.75, 3.05) is 18.8 Å². The highest BCUT2D eigenvalue weighted by Gasteiger charge is 2.16. The molecule has 0 aliphatic rings. The van der Waals surface area contributed by atoms with E-state index in [2.05, 4.69) is 13.2 Å². The van der Waals surface area contributed by atoms with Gasteiger partial charge in [-0.15, -0.1) is 13.2 Å². The second kappa shape index (κ2) is 6.47. The lowest BCUT2D eigenvalue weighted by Gasteiger charge is -2.19. The van der Waals surface area contributed by atoms with Crippen molar-refractivity contribution < 1.29 is 4.79 Å². The van der Waals surface area contributed by atoms with Gasteiger partial charge in [0.1, 0.15) is 0 Å². The molecule has 0 radical (unpaired) electrons. The molecule has 0 aliphatic carbocycles. The molecule has 0 saturated carbocycles. The van der Waals surface area contributed by atoms with Crippen LogP contribution in [0.15, 0.2) is 37.4 Å². The van der Waals surface area contributed by atoms with Crippen molar-refractivity contribution in [1.82, 2.24) is 4.90 Å². The maximum Gasteiger partial charge on any atom is 0.254 e. The highest BCUT2D eigenvalue weighted by molar-refractivity contribution is 6.39. The third kappa shape index (κ3) is 3.28. The molecule has 0 atom stereocenters. The van der Waals surface area contributed by atoms with Crippen LogP contribution in [0.5, 0.6) is 0 Å². The molecule has 1 amide bonds. The van der Waals surface area contributed by atoms with Crippen LogP contribution in [0.3, 0.4) is 0 Å². The molecule has 0 aromatic heterocycles. The van der Waals surface area contributed by atoms with Crippen LogP contribution in [0.1, 0.15) is 10.4 Å². The number of nitrogens with two attached hydrogens (primary N) is 1. The summed E-state index contributed by atoms with van der Waals surface area (Å²) in [7, 11) is 0. The lowest BCUT2D eigenvalue weighted by atomic mass is 10.1. The van der Waals surface area contributed by atoms with Gasteiger partial charge < -0.3 is 10.6 Å². The monoisotopic (exact) mass is 284 g/mol. The van der Waals surface area contributed by atoms with E-state index in [9.17, 15) is 4.79 Å². The average molecular weight is 285 g/mol. The number of hydrogen-bond donors (Lipinski definition) is 1. The number of hydrogen-bond acceptors (Lipinski definition) is 2. The van der Waals surface area contributed by atoms with Crippen molar-refractivity contribution in [2.24, 2.45) is 0 Å². The van der Waals surface area contributed by atoms with Crippen molar-refractivity contribution in [2.45, 2.75) is 0 Å². The molecule has 0 unspecified atom stereocenters. The number of rotatable bonds is 5. The standard InChI is InChI=1S/C13H14Cl2N2O/c1-3-5-17(6-4-2)13(18)9-7-10(14)12(16)11(15)8-9/h3-4,7-8H,1-2,5-6,16H2. The molecule has 18 heavy (non-hydrogen) atoms. The van der Waals surface area contributed by atoms with Gasteiger partial charge in [-0.2, -0.15) is 0 Å². The third-order valence-electron chi connectivity index (χ3n) is 2.31. The van der Waals surface area contributed by atoms with Crippen molar-refractivity contribution in [3.63, 3.8) is 0 Å². The normalized spacial score (nSPS) is 9.89. The number of carbonyl (C=O) groups is 1. The van der Waals surface area contributed by atoms with Crippen molar-refractivity contribution in [1.29, 1.82) is 0 Å². The summed E-state index contributed by atoms with van der Waals surface area (Å²) in [6.07, 6.45) is 3.28. The van der Waals surface area contributed by atoms with Crippen molar-refractivity contribution >= 4 is 34.8 Å². The Balaban J connectivity index is 3.08. The summed E-state index contributed by atoms with van der Waals surface area (Å²) in [4.78, 5) is 13.8. The van der Waals surface area contributed by atoms with E-state index in [0.717, 1.165) is 0 Å². The minimum atomic E-state index is -0.196. The van der Waals surface area contributed by atoms with Gasteiger partial charge in [-0.25, -0.2) is 0 Å². The first-order chi connectivity index (χ1) is 8.51. The minimum absolute atomic E-state index is 0.196. The second-order valence-electron chi connectivity index (χ2n) is 3.64. The van der Waals surface area contributed by atoms with Crippen LogP contribution in [-0.2, 0) is 0 Å². The molecule has 0 saturated heterocycles. The number of carbonyl (C=O) groups excluding carboxylic acids is 1. The van der Waals surface area contributed by atoms with Crippen molar-refractivity contribution in [3.05, 3.63) is 53.1 Å². The lowest BCUT2D eigenvalue weighted by Crippen LogP contribution is -2.31. The van der Waals surface area contributed by atoms with Gasteiger partial charge in [0.25, 0.3) is 5.91 Å². The number of halogens is 2. The molecule has 0 heterocycles. The van der Waals surface area contributed by atoms with E-state index < -0.39 is 0 Å². The Kier molecular flexibility index (Phi) is 5.25. The number of anilines is 1. The first kappa shape index (κ1) is 14.6. The summed E-state index contributed by atoms with van der Waals surface area (Å²) < 4.78 is 0. The van der Waals surface area contributed by atoms with E-state index in [4.69, 9.17) is 28.9 Å². The summed E-state index contributed by atoms with van der Waals surface area (Å²) in [5.41, 5.74) is 6.29. The van der Waals surface area contributed by atoms with Gasteiger partial charge in [-0.1, -0.05) is 35.4 Å². The summed E-state index contributed by atoms with van der Waals surface area (Å²) in [6.45, 7) is 8.06. The quantitative estimate of drug-likeness (QED) is 0.665. The van der Waals surface area contributed by atoms with E-state index in [-0.39, 0.29) is 21.6 Å². The first-order valence-corrected chi connectivity index (χ1v) is 6.02. The molecule has 1 aromatic rings. The summed E-state index contributed by atoms with van der Waals surface area (Å²) in [5.74, 6) is -0.196. The fourth-order valence-electron chi connectivity index (χ4n) is 1.44. The zero-order chi connectivity index (χ0) is 13.7. The van der Waals surface area contributed by atoms with Gasteiger partial charge in [0.15, 0.2) is 0 Å². The van der Waals surface area contributed by atoms with Crippen LogP contribution in [0.4, 0.5) is 5.69 Å². The first-order valence-electron chi connectivity index (χ1n) is 5.26. The van der Waals surface area contributed by atoms with Crippen molar-refractivity contribution in [3.8, 4) is 0 Å². The van der Waals surface area contributed by atoms with Gasteiger partial charge in [-0.05, 0) is 12.1 Å². The number of nitrogens with zero attached hydrogens (tertiary/aromatic N) is 1. The molecule has 0 fully saturated rings. The van der Waals surface area contributed by atoms with Gasteiger partial charge in [-0.3, -0.25) is 4.79 Å². The van der Waals surface area contributed by atoms with Crippen LogP contribution in [0, 0.1) is 0 Å². The van der Waals surface area contributed by atoms with E-state index in [1.54, 1.807) is 17.1 Å². The summed E-state index contributed by atoms with van der Waals surface area (Å²) in [6, 6.07) is 3.01. The zero-order valence-corrected chi connectivity index (χ0v) is 11.3. The van der Waals surface area contributed by atoms with E-state index >= 15 is 0 Å². The maximum absolute atomic E-state index is 12.2. The smallest absolute Gasteiger partial charge is 0.254 e. The Morgan fingerprint density at radius 2 is 1.67 bits per heavy atom. The molecule has 0 bridgehead atoms. The maximum atomic E-state index is 12.2. The molecular weight excluding hydrogens is 271 g/mol. The predicted octanol–water partition coefficient (Wildman–Crippen LogP) is 3.39. The molecule has 5 heteroatoms. The topological polar surface area (TPSA) is 46.3 Å². The zero-order valence-electron chi connectivity index (χ0n) is 9.83. The van der Waals surface area contributed by atoms with Crippen LogP contribution in [-0.4, -0.2) is 23.9 Å². The minimum Gasteiger partial charge on any atom is -0.396 e. The molecule has 96 valence electrons. The van der Waals surface area contributed by atoms with Crippen LogP contribution in [0.25, 0.3) is 0 Å². The fourth-order valence-corrected chi connectivity index (χ4v) is 1.93. The Bertz CT molecular complexity index is 453. The number of benzene rings is 1. The largest absolute Gasteiger partial charge is 0.396 e. The fraction of sp³-hybridized carbons (Fsp3) is 0.154.